The molecule has 1 amide bonds. The van der Waals surface area contributed by atoms with E-state index in [0.29, 0.717) is 25.7 Å². The molecular weight excluding hydrogens is 306 g/mol. The van der Waals surface area contributed by atoms with E-state index < -0.39 is 0 Å². The number of carbonyl (C=O) groups excluding carboxylic acids is 1. The first kappa shape index (κ1) is 18.3. The van der Waals surface area contributed by atoms with Crippen LogP contribution in [0.4, 0.5) is 16.6 Å². The molecule has 0 aliphatic carbocycles. The van der Waals surface area contributed by atoms with Crippen molar-refractivity contribution >= 4 is 17.9 Å². The number of unbranched alkanes of at least 4 members (excludes halogenated alkanes) is 1. The number of likely N-dealkylation sites (tertiary alicyclic amines) is 1. The molecule has 1 N–H and O–H groups in total. The number of aromatic nitrogens is 2. The number of anilines is 2. The van der Waals surface area contributed by atoms with Crippen LogP contribution < -0.4 is 10.2 Å². The minimum Gasteiger partial charge on any atom is -0.450 e. The molecule has 1 aromatic rings. The Morgan fingerprint density at radius 3 is 2.83 bits per heavy atom. The summed E-state index contributed by atoms with van der Waals surface area (Å²) < 4.78 is 5.05. The van der Waals surface area contributed by atoms with Crippen molar-refractivity contribution < 1.29 is 9.53 Å². The van der Waals surface area contributed by atoms with E-state index in [2.05, 4.69) is 27.1 Å². The molecule has 2 rings (SSSR count). The van der Waals surface area contributed by atoms with Gasteiger partial charge in [0.25, 0.3) is 0 Å². The Balaban J connectivity index is 1.85. The molecule has 2 heterocycles. The van der Waals surface area contributed by atoms with Crippen LogP contribution in [0.5, 0.6) is 0 Å². The molecule has 1 aliphatic heterocycles. The largest absolute Gasteiger partial charge is 0.450 e. The van der Waals surface area contributed by atoms with Crippen LogP contribution in [0.15, 0.2) is 12.3 Å². The normalized spacial score (nSPS) is 15.2. The Hall–Kier alpha value is -2.05. The minimum atomic E-state index is -0.210. The Labute approximate surface area is 144 Å². The topological polar surface area (TPSA) is 70.6 Å². The molecule has 0 saturated carbocycles. The molecular formula is C17H29N5O2. The summed E-state index contributed by atoms with van der Waals surface area (Å²) in [7, 11) is 2.02. The number of hydrogen-bond donors (Lipinski definition) is 1. The highest BCUT2D eigenvalue weighted by molar-refractivity contribution is 5.67. The first-order valence-electron chi connectivity index (χ1n) is 8.86. The summed E-state index contributed by atoms with van der Waals surface area (Å²) in [6.45, 7) is 6.81. The molecule has 0 aromatic carbocycles. The highest BCUT2D eigenvalue weighted by Gasteiger charge is 2.23. The number of nitrogens with zero attached hydrogens (tertiary/aromatic N) is 4. The molecule has 0 bridgehead atoms. The van der Waals surface area contributed by atoms with Crippen molar-refractivity contribution in [2.75, 3.05) is 43.5 Å². The van der Waals surface area contributed by atoms with Crippen LogP contribution >= 0.6 is 0 Å². The van der Waals surface area contributed by atoms with Crippen LogP contribution in [0.1, 0.15) is 39.5 Å². The lowest BCUT2D eigenvalue weighted by atomic mass is 10.1. The molecule has 0 radical (unpaired) electrons. The zero-order valence-corrected chi connectivity index (χ0v) is 15.0. The molecule has 134 valence electrons. The van der Waals surface area contributed by atoms with E-state index in [1.807, 2.05) is 20.0 Å². The first-order chi connectivity index (χ1) is 11.6. The number of ether oxygens (including phenoxy) is 1. The molecule has 0 spiro atoms. The maximum Gasteiger partial charge on any atom is 0.409 e. The van der Waals surface area contributed by atoms with E-state index in [-0.39, 0.29) is 6.09 Å². The zero-order chi connectivity index (χ0) is 17.4. The number of nitrogens with one attached hydrogen (secondary N) is 1. The van der Waals surface area contributed by atoms with Gasteiger partial charge in [0, 0.05) is 38.9 Å². The zero-order valence-electron chi connectivity index (χ0n) is 15.0. The second-order valence-corrected chi connectivity index (χ2v) is 6.12. The van der Waals surface area contributed by atoms with E-state index in [1.165, 1.54) is 0 Å². The second-order valence-electron chi connectivity index (χ2n) is 6.12. The highest BCUT2D eigenvalue weighted by Crippen LogP contribution is 2.17. The monoisotopic (exact) mass is 335 g/mol. The van der Waals surface area contributed by atoms with Gasteiger partial charge >= 0.3 is 6.09 Å². The average Bonchev–Trinajstić information content (AvgIpc) is 2.60. The molecule has 7 heteroatoms. The lowest BCUT2D eigenvalue weighted by Crippen LogP contribution is -2.42. The number of rotatable bonds is 7. The summed E-state index contributed by atoms with van der Waals surface area (Å²) in [5, 5.41) is 3.47. The van der Waals surface area contributed by atoms with E-state index in [4.69, 9.17) is 4.74 Å². The number of amides is 1. The predicted molar refractivity (Wildman–Crippen MR) is 95.4 cm³/mol. The van der Waals surface area contributed by atoms with Gasteiger partial charge in [-0.1, -0.05) is 13.3 Å². The lowest BCUT2D eigenvalue weighted by molar-refractivity contribution is 0.0983. The number of hydrogen-bond acceptors (Lipinski definition) is 6. The quantitative estimate of drug-likeness (QED) is 0.826. The van der Waals surface area contributed by atoms with Crippen LogP contribution in [0.2, 0.25) is 0 Å². The van der Waals surface area contributed by atoms with Crippen LogP contribution in [0.3, 0.4) is 0 Å². The molecule has 24 heavy (non-hydrogen) atoms. The number of piperidine rings is 1. The van der Waals surface area contributed by atoms with Crippen LogP contribution in [-0.4, -0.2) is 60.3 Å². The van der Waals surface area contributed by atoms with E-state index in [1.54, 1.807) is 11.1 Å². The standard InChI is InChI=1S/C17H29N5O2/c1-4-6-11-21(3)16-18-10-7-15(20-16)19-14-8-12-22(13-9-14)17(23)24-5-2/h7,10,14H,4-6,8-9,11-13H2,1-3H3,(H,18,19,20). The van der Waals surface area contributed by atoms with Gasteiger partial charge in [-0.3, -0.25) is 0 Å². The Bertz CT molecular complexity index is 517. The molecule has 1 aliphatic rings. The average molecular weight is 335 g/mol. The van der Waals surface area contributed by atoms with Crippen molar-refractivity contribution in [2.45, 2.75) is 45.6 Å². The van der Waals surface area contributed by atoms with E-state index >= 15 is 0 Å². The molecule has 7 nitrogen and oxygen atoms in total. The van der Waals surface area contributed by atoms with Crippen molar-refractivity contribution in [2.24, 2.45) is 0 Å². The summed E-state index contributed by atoms with van der Waals surface area (Å²) in [5.74, 6) is 1.59. The predicted octanol–water partition coefficient (Wildman–Crippen LogP) is 2.75. The minimum absolute atomic E-state index is 0.210. The van der Waals surface area contributed by atoms with Crippen LogP contribution in [-0.2, 0) is 4.74 Å². The summed E-state index contributed by atoms with van der Waals surface area (Å²) >= 11 is 0. The molecule has 0 unspecified atom stereocenters. The fourth-order valence-corrected chi connectivity index (χ4v) is 2.74. The third-order valence-electron chi connectivity index (χ3n) is 4.20. The third-order valence-corrected chi connectivity index (χ3v) is 4.20. The maximum absolute atomic E-state index is 11.7. The lowest BCUT2D eigenvalue weighted by Gasteiger charge is -2.32. The van der Waals surface area contributed by atoms with Crippen molar-refractivity contribution in [3.05, 3.63) is 12.3 Å². The van der Waals surface area contributed by atoms with Gasteiger partial charge in [0.2, 0.25) is 5.95 Å². The van der Waals surface area contributed by atoms with Gasteiger partial charge < -0.3 is 19.9 Å². The third kappa shape index (κ3) is 5.25. The second kappa shape index (κ2) is 9.30. The Kier molecular flexibility index (Phi) is 7.08. The van der Waals surface area contributed by atoms with Crippen molar-refractivity contribution in [1.82, 2.24) is 14.9 Å². The molecule has 1 aromatic heterocycles. The summed E-state index contributed by atoms with van der Waals surface area (Å²) in [4.78, 5) is 24.5. The highest BCUT2D eigenvalue weighted by atomic mass is 16.6. The van der Waals surface area contributed by atoms with Gasteiger partial charge in [-0.25, -0.2) is 9.78 Å². The van der Waals surface area contributed by atoms with Crippen LogP contribution in [0.25, 0.3) is 0 Å². The van der Waals surface area contributed by atoms with Crippen molar-refractivity contribution in [1.29, 1.82) is 0 Å². The van der Waals surface area contributed by atoms with Gasteiger partial charge in [-0.05, 0) is 32.3 Å². The van der Waals surface area contributed by atoms with Crippen LogP contribution in [0, 0.1) is 0 Å². The van der Waals surface area contributed by atoms with E-state index in [0.717, 1.165) is 44.0 Å². The van der Waals surface area contributed by atoms with Gasteiger partial charge in [0.1, 0.15) is 5.82 Å². The molecule has 1 fully saturated rings. The Morgan fingerprint density at radius 2 is 2.17 bits per heavy atom. The fourth-order valence-electron chi connectivity index (χ4n) is 2.74. The van der Waals surface area contributed by atoms with E-state index in [9.17, 15) is 4.79 Å². The first-order valence-corrected chi connectivity index (χ1v) is 8.86. The van der Waals surface area contributed by atoms with Gasteiger partial charge in [0.05, 0.1) is 6.61 Å². The fraction of sp³-hybridized carbons (Fsp3) is 0.706. The number of carbonyl (C=O) groups is 1. The van der Waals surface area contributed by atoms with Gasteiger partial charge in [-0.15, -0.1) is 0 Å². The Morgan fingerprint density at radius 1 is 1.42 bits per heavy atom. The smallest absolute Gasteiger partial charge is 0.409 e. The maximum atomic E-state index is 11.7. The summed E-state index contributed by atoms with van der Waals surface area (Å²) in [5.41, 5.74) is 0. The van der Waals surface area contributed by atoms with Gasteiger partial charge in [-0.2, -0.15) is 4.98 Å². The summed E-state index contributed by atoms with van der Waals surface area (Å²) in [6, 6.07) is 2.22. The van der Waals surface area contributed by atoms with Crippen molar-refractivity contribution in [3.63, 3.8) is 0 Å². The molecule has 1 saturated heterocycles. The molecule has 0 atom stereocenters. The van der Waals surface area contributed by atoms with Crippen molar-refractivity contribution in [3.8, 4) is 0 Å². The SMILES string of the molecule is CCCCN(C)c1nccc(NC2CCN(C(=O)OCC)CC2)n1. The van der Waals surface area contributed by atoms with Gasteiger partial charge in [0.15, 0.2) is 0 Å². The summed E-state index contributed by atoms with van der Waals surface area (Å²) in [6.07, 6.45) is 5.65.